The molecule has 1 aromatic carbocycles. The molecule has 0 spiro atoms. The van der Waals surface area contributed by atoms with E-state index in [1.165, 1.54) is 5.56 Å². The molecule has 2 N–H and O–H groups in total. The minimum atomic E-state index is -1.02. The number of benzene rings is 1. The number of likely N-dealkylation sites (tertiary alicyclic amines) is 1. The van der Waals surface area contributed by atoms with Gasteiger partial charge in [-0.1, -0.05) is 29.8 Å². The number of aliphatic hydroxyl groups is 2. The van der Waals surface area contributed by atoms with E-state index in [0.29, 0.717) is 25.9 Å². The summed E-state index contributed by atoms with van der Waals surface area (Å²) in [6.07, 6.45) is 3.59. The van der Waals surface area contributed by atoms with Crippen LogP contribution in [0.1, 0.15) is 43.2 Å². The van der Waals surface area contributed by atoms with Gasteiger partial charge in [-0.05, 0) is 44.6 Å². The molecule has 120 valence electrons. The van der Waals surface area contributed by atoms with Crippen molar-refractivity contribution >= 4 is 5.91 Å². The number of aryl methyl sites for hydroxylation is 1. The Labute approximate surface area is 131 Å². The molecular formula is C18H25NO3. The Morgan fingerprint density at radius 3 is 2.41 bits per heavy atom. The van der Waals surface area contributed by atoms with Crippen molar-refractivity contribution in [3.05, 3.63) is 35.4 Å². The van der Waals surface area contributed by atoms with Gasteiger partial charge in [-0.2, -0.15) is 0 Å². The Hall–Kier alpha value is -1.39. The average molecular weight is 303 g/mol. The van der Waals surface area contributed by atoms with Gasteiger partial charge in [-0.3, -0.25) is 4.79 Å². The van der Waals surface area contributed by atoms with E-state index in [0.717, 1.165) is 24.8 Å². The molecule has 4 nitrogen and oxygen atoms in total. The smallest absolute Gasteiger partial charge is 0.233 e. The van der Waals surface area contributed by atoms with Gasteiger partial charge in [-0.15, -0.1) is 0 Å². The van der Waals surface area contributed by atoms with Crippen LogP contribution in [-0.2, 0) is 10.2 Å². The molecule has 0 bridgehead atoms. The second-order valence-corrected chi connectivity index (χ2v) is 6.98. The molecule has 1 aliphatic carbocycles. The lowest BCUT2D eigenvalue weighted by molar-refractivity contribution is -0.134. The number of aliphatic hydroxyl groups excluding tert-OH is 1. The van der Waals surface area contributed by atoms with Crippen LogP contribution in [0.2, 0.25) is 0 Å². The van der Waals surface area contributed by atoms with E-state index in [9.17, 15) is 15.0 Å². The molecule has 2 fully saturated rings. The van der Waals surface area contributed by atoms with Crippen molar-refractivity contribution in [2.75, 3.05) is 19.7 Å². The number of nitrogens with zero attached hydrogens (tertiary/aromatic N) is 1. The molecule has 0 aromatic heterocycles. The van der Waals surface area contributed by atoms with E-state index >= 15 is 0 Å². The normalized spacial score (nSPS) is 27.3. The molecule has 1 heterocycles. The largest absolute Gasteiger partial charge is 0.393 e. The predicted octanol–water partition coefficient (Wildman–Crippen LogP) is 1.76. The van der Waals surface area contributed by atoms with E-state index in [1.807, 2.05) is 4.90 Å². The van der Waals surface area contributed by atoms with Crippen LogP contribution in [-0.4, -0.2) is 46.3 Å². The molecule has 1 saturated heterocycles. The first-order valence-corrected chi connectivity index (χ1v) is 8.19. The van der Waals surface area contributed by atoms with Crippen molar-refractivity contribution < 1.29 is 15.0 Å². The summed E-state index contributed by atoms with van der Waals surface area (Å²) in [4.78, 5) is 14.9. The predicted molar refractivity (Wildman–Crippen MR) is 84.6 cm³/mol. The van der Waals surface area contributed by atoms with Gasteiger partial charge < -0.3 is 15.1 Å². The van der Waals surface area contributed by atoms with E-state index < -0.39 is 5.60 Å². The van der Waals surface area contributed by atoms with Gasteiger partial charge in [-0.25, -0.2) is 0 Å². The monoisotopic (exact) mass is 303 g/mol. The summed E-state index contributed by atoms with van der Waals surface area (Å²) in [5, 5.41) is 19.6. The third-order valence-corrected chi connectivity index (χ3v) is 5.26. The number of hydrogen-bond acceptors (Lipinski definition) is 3. The maximum absolute atomic E-state index is 13.0. The first kappa shape index (κ1) is 15.5. The summed E-state index contributed by atoms with van der Waals surface area (Å²) in [5.41, 5.74) is 0.963. The molecule has 4 heteroatoms. The van der Waals surface area contributed by atoms with Crippen molar-refractivity contribution in [1.82, 2.24) is 4.90 Å². The summed E-state index contributed by atoms with van der Waals surface area (Å²) in [5.74, 6) is 0.193. The van der Waals surface area contributed by atoms with Gasteiger partial charge in [0.2, 0.25) is 5.91 Å². The van der Waals surface area contributed by atoms with Crippen LogP contribution in [0.3, 0.4) is 0 Å². The fraction of sp³-hybridized carbons (Fsp3) is 0.611. The number of carbonyl (C=O) groups is 1. The Balaban J connectivity index is 1.75. The summed E-state index contributed by atoms with van der Waals surface area (Å²) < 4.78 is 0. The zero-order valence-corrected chi connectivity index (χ0v) is 13.2. The van der Waals surface area contributed by atoms with Crippen LogP contribution in [0, 0.1) is 6.92 Å². The molecule has 1 aliphatic heterocycles. The standard InChI is InChI=1S/C18H25NO3/c1-14-3-5-15(6-4-14)18(8-9-18)16(21)19-11-2-7-17(22,13-20)10-12-19/h3-6,20,22H,2,7-13H2,1H3/t17-/m1/s1. The Kier molecular flexibility index (Phi) is 4.00. The van der Waals surface area contributed by atoms with Gasteiger partial charge in [0.05, 0.1) is 17.6 Å². The lowest BCUT2D eigenvalue weighted by atomic mass is 9.93. The zero-order valence-electron chi connectivity index (χ0n) is 13.2. The van der Waals surface area contributed by atoms with Crippen molar-refractivity contribution in [3.63, 3.8) is 0 Å². The maximum atomic E-state index is 13.0. The van der Waals surface area contributed by atoms with E-state index in [2.05, 4.69) is 31.2 Å². The van der Waals surface area contributed by atoms with Crippen molar-refractivity contribution in [2.45, 2.75) is 50.0 Å². The average Bonchev–Trinajstić information content (AvgIpc) is 3.33. The van der Waals surface area contributed by atoms with Crippen LogP contribution < -0.4 is 0 Å². The topological polar surface area (TPSA) is 60.8 Å². The molecule has 0 radical (unpaired) electrons. The van der Waals surface area contributed by atoms with Crippen LogP contribution in [0.15, 0.2) is 24.3 Å². The highest BCUT2D eigenvalue weighted by Gasteiger charge is 2.53. The summed E-state index contributed by atoms with van der Waals surface area (Å²) >= 11 is 0. The molecule has 1 aromatic rings. The van der Waals surface area contributed by atoms with Crippen LogP contribution in [0.4, 0.5) is 0 Å². The number of rotatable bonds is 3. The van der Waals surface area contributed by atoms with Crippen LogP contribution in [0.5, 0.6) is 0 Å². The van der Waals surface area contributed by atoms with Gasteiger partial charge in [0.1, 0.15) is 0 Å². The quantitative estimate of drug-likeness (QED) is 0.894. The first-order chi connectivity index (χ1) is 10.5. The molecule has 1 atom stereocenters. The maximum Gasteiger partial charge on any atom is 0.233 e. The number of amides is 1. The molecule has 2 aliphatic rings. The zero-order chi connectivity index (χ0) is 15.8. The van der Waals surface area contributed by atoms with Crippen molar-refractivity contribution in [3.8, 4) is 0 Å². The van der Waals surface area contributed by atoms with Gasteiger partial charge >= 0.3 is 0 Å². The fourth-order valence-electron chi connectivity index (χ4n) is 3.47. The Morgan fingerprint density at radius 1 is 1.14 bits per heavy atom. The summed E-state index contributed by atoms with van der Waals surface area (Å²) in [6, 6.07) is 8.27. The highest BCUT2D eigenvalue weighted by Crippen LogP contribution is 2.50. The molecule has 1 amide bonds. The minimum absolute atomic E-state index is 0.193. The summed E-state index contributed by atoms with van der Waals surface area (Å²) in [7, 11) is 0. The fourth-order valence-corrected chi connectivity index (χ4v) is 3.47. The van der Waals surface area contributed by atoms with Crippen molar-refractivity contribution in [1.29, 1.82) is 0 Å². The molecule has 3 rings (SSSR count). The molecule has 0 unspecified atom stereocenters. The third-order valence-electron chi connectivity index (χ3n) is 5.26. The van der Waals surface area contributed by atoms with Gasteiger partial charge in [0.25, 0.3) is 0 Å². The van der Waals surface area contributed by atoms with Crippen LogP contribution in [0.25, 0.3) is 0 Å². The highest BCUT2D eigenvalue weighted by atomic mass is 16.3. The minimum Gasteiger partial charge on any atom is -0.393 e. The van der Waals surface area contributed by atoms with Crippen molar-refractivity contribution in [2.24, 2.45) is 0 Å². The molecule has 22 heavy (non-hydrogen) atoms. The van der Waals surface area contributed by atoms with Gasteiger partial charge in [0.15, 0.2) is 0 Å². The lowest BCUT2D eigenvalue weighted by Crippen LogP contribution is -2.41. The Bertz CT molecular complexity index is 550. The van der Waals surface area contributed by atoms with Crippen LogP contribution >= 0.6 is 0 Å². The van der Waals surface area contributed by atoms with E-state index in [-0.39, 0.29) is 17.9 Å². The third kappa shape index (κ3) is 2.77. The lowest BCUT2D eigenvalue weighted by Gasteiger charge is -2.27. The van der Waals surface area contributed by atoms with E-state index in [1.54, 1.807) is 0 Å². The van der Waals surface area contributed by atoms with E-state index in [4.69, 9.17) is 0 Å². The summed E-state index contributed by atoms with van der Waals surface area (Å²) in [6.45, 7) is 3.03. The SMILES string of the molecule is Cc1ccc(C2(C(=O)N3CCC[C@](O)(CO)CC3)CC2)cc1. The second-order valence-electron chi connectivity index (χ2n) is 6.98. The number of hydrogen-bond donors (Lipinski definition) is 2. The molecular weight excluding hydrogens is 278 g/mol. The Morgan fingerprint density at radius 2 is 1.82 bits per heavy atom. The van der Waals surface area contributed by atoms with Gasteiger partial charge in [0, 0.05) is 13.1 Å². The number of carbonyl (C=O) groups excluding carboxylic acids is 1. The highest BCUT2D eigenvalue weighted by molar-refractivity contribution is 5.91. The first-order valence-electron chi connectivity index (χ1n) is 8.19. The second kappa shape index (κ2) is 5.67. The molecule has 1 saturated carbocycles.